The fourth-order valence-corrected chi connectivity index (χ4v) is 1.95. The topological polar surface area (TPSA) is 65.5 Å². The largest absolute Gasteiger partial charge is 0.354 e. The SMILES string of the molecule is CCC(C)NC(=O)c1cccc(CNC(=NC)NC(C)CC)c1.I. The van der Waals surface area contributed by atoms with Crippen LogP contribution in [-0.4, -0.2) is 31.0 Å². The molecule has 0 heterocycles. The minimum Gasteiger partial charge on any atom is -0.354 e. The Bertz CT molecular complexity index is 534. The number of rotatable bonds is 7. The summed E-state index contributed by atoms with van der Waals surface area (Å²) in [6.07, 6.45) is 1.95. The molecule has 0 aliphatic rings. The molecule has 3 N–H and O–H groups in total. The Kier molecular flexibility index (Phi) is 11.4. The number of benzene rings is 1. The highest BCUT2D eigenvalue weighted by Crippen LogP contribution is 2.06. The van der Waals surface area contributed by atoms with E-state index in [1.54, 1.807) is 7.05 Å². The van der Waals surface area contributed by atoms with Crippen LogP contribution in [0.1, 0.15) is 56.5 Å². The first-order chi connectivity index (χ1) is 11.0. The molecule has 0 aliphatic carbocycles. The Morgan fingerprint density at radius 2 is 1.75 bits per heavy atom. The predicted molar refractivity (Wildman–Crippen MR) is 112 cm³/mol. The van der Waals surface area contributed by atoms with E-state index in [1.165, 1.54) is 0 Å². The summed E-state index contributed by atoms with van der Waals surface area (Å²) in [6.45, 7) is 8.94. The van der Waals surface area contributed by atoms with Crippen molar-refractivity contribution in [1.29, 1.82) is 0 Å². The molecule has 1 aromatic carbocycles. The number of nitrogens with zero attached hydrogens (tertiary/aromatic N) is 1. The van der Waals surface area contributed by atoms with Crippen LogP contribution in [0.3, 0.4) is 0 Å². The van der Waals surface area contributed by atoms with Crippen LogP contribution in [0, 0.1) is 0 Å². The first-order valence-corrected chi connectivity index (χ1v) is 8.37. The van der Waals surface area contributed by atoms with Gasteiger partial charge in [-0.05, 0) is 44.4 Å². The van der Waals surface area contributed by atoms with E-state index in [9.17, 15) is 4.79 Å². The summed E-state index contributed by atoms with van der Waals surface area (Å²) in [5.41, 5.74) is 1.74. The van der Waals surface area contributed by atoms with Crippen LogP contribution in [0.15, 0.2) is 29.3 Å². The Morgan fingerprint density at radius 1 is 1.12 bits per heavy atom. The summed E-state index contributed by atoms with van der Waals surface area (Å²) in [5, 5.41) is 9.58. The van der Waals surface area contributed by atoms with Gasteiger partial charge in [-0.1, -0.05) is 26.0 Å². The van der Waals surface area contributed by atoms with Crippen LogP contribution >= 0.6 is 24.0 Å². The van der Waals surface area contributed by atoms with Crippen LogP contribution in [0.25, 0.3) is 0 Å². The number of carbonyl (C=O) groups is 1. The van der Waals surface area contributed by atoms with E-state index < -0.39 is 0 Å². The number of aliphatic imine (C=N–C) groups is 1. The molecule has 0 fully saturated rings. The van der Waals surface area contributed by atoms with Gasteiger partial charge >= 0.3 is 0 Å². The van der Waals surface area contributed by atoms with E-state index in [0.29, 0.717) is 18.2 Å². The standard InChI is InChI=1S/C18H30N4O.HI/c1-6-13(3)21-17(23)16-10-8-9-15(11-16)12-20-18(19-5)22-14(4)7-2;/h8-11,13-14H,6-7,12H2,1-5H3,(H,21,23)(H2,19,20,22);1H. The predicted octanol–water partition coefficient (Wildman–Crippen LogP) is 3.30. The van der Waals surface area contributed by atoms with Gasteiger partial charge in [-0.3, -0.25) is 9.79 Å². The van der Waals surface area contributed by atoms with Crippen LogP contribution < -0.4 is 16.0 Å². The number of amides is 1. The van der Waals surface area contributed by atoms with E-state index in [-0.39, 0.29) is 35.9 Å². The van der Waals surface area contributed by atoms with Crippen molar-refractivity contribution in [3.63, 3.8) is 0 Å². The first kappa shape index (κ1) is 22.7. The summed E-state index contributed by atoms with van der Waals surface area (Å²) in [6, 6.07) is 8.22. The third-order valence-corrected chi connectivity index (χ3v) is 3.86. The molecule has 0 saturated heterocycles. The van der Waals surface area contributed by atoms with E-state index in [1.807, 2.05) is 31.2 Å². The second-order valence-electron chi connectivity index (χ2n) is 5.86. The zero-order valence-electron chi connectivity index (χ0n) is 15.3. The fourth-order valence-electron chi connectivity index (χ4n) is 1.95. The quantitative estimate of drug-likeness (QED) is 0.342. The van der Waals surface area contributed by atoms with Crippen LogP contribution in [0.2, 0.25) is 0 Å². The number of carbonyl (C=O) groups excluding carboxylic acids is 1. The average Bonchev–Trinajstić information content (AvgIpc) is 2.58. The molecular formula is C18H31IN4O. The lowest BCUT2D eigenvalue weighted by Gasteiger charge is -2.17. The normalized spacial score (nSPS) is 13.5. The maximum Gasteiger partial charge on any atom is 0.251 e. The molecule has 1 rings (SSSR count). The number of hydrogen-bond acceptors (Lipinski definition) is 2. The van der Waals surface area contributed by atoms with Crippen molar-refractivity contribution in [3.05, 3.63) is 35.4 Å². The first-order valence-electron chi connectivity index (χ1n) is 8.37. The van der Waals surface area contributed by atoms with E-state index >= 15 is 0 Å². The molecule has 0 spiro atoms. The Morgan fingerprint density at radius 3 is 2.33 bits per heavy atom. The van der Waals surface area contributed by atoms with Crippen LogP contribution in [0.5, 0.6) is 0 Å². The van der Waals surface area contributed by atoms with Gasteiger partial charge in [0.15, 0.2) is 5.96 Å². The molecule has 6 heteroatoms. The minimum absolute atomic E-state index is 0. The molecule has 5 nitrogen and oxygen atoms in total. The van der Waals surface area contributed by atoms with Gasteiger partial charge in [-0.2, -0.15) is 0 Å². The molecule has 2 atom stereocenters. The number of nitrogens with one attached hydrogen (secondary N) is 3. The molecule has 0 bridgehead atoms. The lowest BCUT2D eigenvalue weighted by molar-refractivity contribution is 0.0939. The zero-order chi connectivity index (χ0) is 17.2. The molecule has 1 amide bonds. The molecule has 24 heavy (non-hydrogen) atoms. The molecule has 0 radical (unpaired) electrons. The minimum atomic E-state index is -0.0247. The van der Waals surface area contributed by atoms with Gasteiger partial charge in [0.2, 0.25) is 0 Å². The average molecular weight is 446 g/mol. The Balaban J connectivity index is 0.00000529. The highest BCUT2D eigenvalue weighted by Gasteiger charge is 2.09. The lowest BCUT2D eigenvalue weighted by Crippen LogP contribution is -2.41. The highest BCUT2D eigenvalue weighted by molar-refractivity contribution is 14.0. The van der Waals surface area contributed by atoms with Gasteiger partial charge in [-0.15, -0.1) is 24.0 Å². The zero-order valence-corrected chi connectivity index (χ0v) is 17.7. The third-order valence-electron chi connectivity index (χ3n) is 3.86. The summed E-state index contributed by atoms with van der Waals surface area (Å²) >= 11 is 0. The Hall–Kier alpha value is -1.31. The third kappa shape index (κ3) is 7.99. The molecule has 2 unspecified atom stereocenters. The maximum atomic E-state index is 12.2. The highest BCUT2D eigenvalue weighted by atomic mass is 127. The van der Waals surface area contributed by atoms with E-state index in [2.05, 4.69) is 41.7 Å². The maximum absolute atomic E-state index is 12.2. The summed E-state index contributed by atoms with van der Waals surface area (Å²) in [7, 11) is 1.76. The van der Waals surface area contributed by atoms with Crippen LogP contribution in [-0.2, 0) is 6.54 Å². The van der Waals surface area contributed by atoms with Crippen molar-refractivity contribution in [3.8, 4) is 0 Å². The number of hydrogen-bond donors (Lipinski definition) is 3. The second-order valence-corrected chi connectivity index (χ2v) is 5.86. The van der Waals surface area contributed by atoms with Crippen molar-refractivity contribution in [1.82, 2.24) is 16.0 Å². The van der Waals surface area contributed by atoms with Crippen molar-refractivity contribution < 1.29 is 4.79 Å². The van der Waals surface area contributed by atoms with Gasteiger partial charge < -0.3 is 16.0 Å². The second kappa shape index (κ2) is 12.1. The van der Waals surface area contributed by atoms with Crippen LogP contribution in [0.4, 0.5) is 0 Å². The van der Waals surface area contributed by atoms with Gasteiger partial charge in [-0.25, -0.2) is 0 Å². The van der Waals surface area contributed by atoms with Gasteiger partial charge in [0.1, 0.15) is 0 Å². The van der Waals surface area contributed by atoms with Crippen molar-refractivity contribution >= 4 is 35.8 Å². The smallest absolute Gasteiger partial charge is 0.251 e. The Labute approximate surface area is 163 Å². The number of guanidine groups is 1. The summed E-state index contributed by atoms with van der Waals surface area (Å²) in [4.78, 5) is 16.4. The van der Waals surface area contributed by atoms with Gasteiger partial charge in [0, 0.05) is 31.2 Å². The molecule has 0 aromatic heterocycles. The van der Waals surface area contributed by atoms with Crippen molar-refractivity contribution in [2.75, 3.05) is 7.05 Å². The van der Waals surface area contributed by atoms with Gasteiger partial charge in [0.05, 0.1) is 0 Å². The van der Waals surface area contributed by atoms with Crippen molar-refractivity contribution in [2.45, 2.75) is 59.2 Å². The summed E-state index contributed by atoms with van der Waals surface area (Å²) in [5.74, 6) is 0.747. The molecule has 0 aliphatic heterocycles. The monoisotopic (exact) mass is 446 g/mol. The fraction of sp³-hybridized carbons (Fsp3) is 0.556. The number of halogens is 1. The summed E-state index contributed by atoms with van der Waals surface area (Å²) < 4.78 is 0. The van der Waals surface area contributed by atoms with Gasteiger partial charge in [0.25, 0.3) is 5.91 Å². The molecule has 1 aromatic rings. The lowest BCUT2D eigenvalue weighted by atomic mass is 10.1. The molecule has 0 saturated carbocycles. The van der Waals surface area contributed by atoms with E-state index in [4.69, 9.17) is 0 Å². The van der Waals surface area contributed by atoms with Crippen molar-refractivity contribution in [2.24, 2.45) is 4.99 Å². The van der Waals surface area contributed by atoms with E-state index in [0.717, 1.165) is 24.4 Å². The molecule has 136 valence electrons. The molecular weight excluding hydrogens is 415 g/mol.